The highest BCUT2D eigenvalue weighted by molar-refractivity contribution is 8.00. The Morgan fingerprint density at radius 3 is 2.63 bits per heavy atom. The zero-order chi connectivity index (χ0) is 19.8. The monoisotopic (exact) mass is 414 g/mol. The Balaban J connectivity index is 1.65. The number of benzene rings is 1. The molecule has 146 valence electrons. The van der Waals surface area contributed by atoms with Gasteiger partial charge < -0.3 is 15.3 Å². The molecule has 2 unspecified atom stereocenters. The van der Waals surface area contributed by atoms with Crippen LogP contribution in [0.5, 0.6) is 0 Å². The summed E-state index contributed by atoms with van der Waals surface area (Å²) in [6.45, 7) is -0.392. The number of β-lactam (4-membered cyclic amide) rings is 1. The second-order valence-electron chi connectivity index (χ2n) is 6.46. The molecule has 3 rings (SSSR count). The number of carboxylic acid groups (broad SMARTS) is 1. The number of rotatable bonds is 6. The summed E-state index contributed by atoms with van der Waals surface area (Å²) < 4.78 is 27.6. The summed E-state index contributed by atoms with van der Waals surface area (Å²) in [5.74, 6) is -2.39. The van der Waals surface area contributed by atoms with Crippen LogP contribution in [0.1, 0.15) is 5.56 Å². The van der Waals surface area contributed by atoms with Crippen molar-refractivity contribution in [2.75, 3.05) is 18.6 Å². The average molecular weight is 414 g/mol. The van der Waals surface area contributed by atoms with Crippen molar-refractivity contribution < 1.29 is 32.1 Å². The maximum Gasteiger partial charge on any atom is 0.340 e. The van der Waals surface area contributed by atoms with Gasteiger partial charge in [-0.1, -0.05) is 30.3 Å². The molecule has 1 aromatic carbocycles. The Morgan fingerprint density at radius 1 is 1.37 bits per heavy atom. The Hall–Kier alpha value is -2.11. The number of hydrogen-bond donors (Lipinski definition) is 2. The molecule has 2 N–H and O–H groups in total. The quantitative estimate of drug-likeness (QED) is 0.467. The van der Waals surface area contributed by atoms with Gasteiger partial charge in [-0.2, -0.15) is 8.42 Å². The van der Waals surface area contributed by atoms with Gasteiger partial charge in [0, 0.05) is 5.75 Å². The van der Waals surface area contributed by atoms with E-state index in [0.717, 1.165) is 23.6 Å². The minimum atomic E-state index is -4.03. The number of nitrogens with zero attached hydrogens (tertiary/aromatic N) is 1. The van der Waals surface area contributed by atoms with Gasteiger partial charge in [-0.25, -0.2) is 8.98 Å². The molecule has 1 aromatic rings. The van der Waals surface area contributed by atoms with Crippen LogP contribution in [0.4, 0.5) is 0 Å². The molecule has 9 nitrogen and oxygen atoms in total. The number of thioether (sulfide) groups is 1. The number of aliphatic carboxylic acids is 1. The van der Waals surface area contributed by atoms with E-state index in [1.165, 1.54) is 4.90 Å². The molecule has 3 atom stereocenters. The molecule has 2 saturated heterocycles. The summed E-state index contributed by atoms with van der Waals surface area (Å²) in [7, 11) is -4.03. The Labute approximate surface area is 160 Å². The van der Waals surface area contributed by atoms with Crippen molar-refractivity contribution in [3.8, 4) is 0 Å². The predicted molar refractivity (Wildman–Crippen MR) is 96.3 cm³/mol. The Bertz CT molecular complexity index is 874. The molecular weight excluding hydrogens is 396 g/mol. The van der Waals surface area contributed by atoms with Crippen LogP contribution in [0.2, 0.25) is 0 Å². The third kappa shape index (κ3) is 4.09. The molecule has 27 heavy (non-hydrogen) atoms. The summed E-state index contributed by atoms with van der Waals surface area (Å²) in [5, 5.41) is 11.6. The summed E-state index contributed by atoms with van der Waals surface area (Å²) >= 11 is 1.07. The fraction of sp³-hybridized carbons (Fsp3) is 0.438. The lowest BCUT2D eigenvalue weighted by Gasteiger charge is -2.53. The molecule has 0 radical (unpaired) electrons. The fourth-order valence-corrected chi connectivity index (χ4v) is 5.35. The number of carbonyl (C=O) groups excluding carboxylic acids is 2. The van der Waals surface area contributed by atoms with E-state index in [0.29, 0.717) is 0 Å². The first-order valence-electron chi connectivity index (χ1n) is 8.01. The highest BCUT2D eigenvalue weighted by Crippen LogP contribution is 2.40. The van der Waals surface area contributed by atoms with Gasteiger partial charge in [-0.3, -0.25) is 9.59 Å². The van der Waals surface area contributed by atoms with E-state index in [9.17, 15) is 27.9 Å². The van der Waals surface area contributed by atoms with Crippen LogP contribution in [0.25, 0.3) is 0 Å². The summed E-state index contributed by atoms with van der Waals surface area (Å²) in [6.07, 6.45) is 0.886. The van der Waals surface area contributed by atoms with Crippen LogP contribution in [-0.2, 0) is 35.1 Å². The molecule has 2 aliphatic heterocycles. The van der Waals surface area contributed by atoms with E-state index in [-0.39, 0.29) is 18.1 Å². The number of carboxylic acids is 1. The first kappa shape index (κ1) is 19.6. The zero-order valence-electron chi connectivity index (χ0n) is 14.3. The number of nitrogens with one attached hydrogen (secondary N) is 1. The molecule has 2 amide bonds. The minimum absolute atomic E-state index is 0.123. The molecule has 2 heterocycles. The van der Waals surface area contributed by atoms with Crippen molar-refractivity contribution >= 4 is 39.7 Å². The van der Waals surface area contributed by atoms with E-state index in [1.54, 1.807) is 12.1 Å². The second-order valence-corrected chi connectivity index (χ2v) is 9.14. The summed E-state index contributed by atoms with van der Waals surface area (Å²) in [6, 6.07) is 8.28. The molecule has 0 spiro atoms. The van der Waals surface area contributed by atoms with Gasteiger partial charge >= 0.3 is 5.97 Å². The van der Waals surface area contributed by atoms with Gasteiger partial charge in [0.15, 0.2) is 0 Å². The van der Waals surface area contributed by atoms with Crippen LogP contribution < -0.4 is 5.32 Å². The number of hydrogen-bond acceptors (Lipinski definition) is 7. The molecule has 0 aromatic heterocycles. The zero-order valence-corrected chi connectivity index (χ0v) is 16.0. The third-order valence-corrected chi connectivity index (χ3v) is 6.40. The molecule has 0 bridgehead atoms. The lowest BCUT2D eigenvalue weighted by molar-refractivity contribution is -0.164. The topological polar surface area (TPSA) is 130 Å². The molecule has 0 aliphatic carbocycles. The second kappa shape index (κ2) is 7.13. The van der Waals surface area contributed by atoms with Crippen molar-refractivity contribution in [1.29, 1.82) is 0 Å². The van der Waals surface area contributed by atoms with Crippen LogP contribution in [0.3, 0.4) is 0 Å². The largest absolute Gasteiger partial charge is 0.479 e. The number of amides is 2. The van der Waals surface area contributed by atoms with E-state index in [1.807, 2.05) is 18.2 Å². The van der Waals surface area contributed by atoms with Crippen LogP contribution in [-0.4, -0.2) is 71.8 Å². The lowest BCUT2D eigenvalue weighted by atomic mass is 9.99. The molecule has 0 saturated carbocycles. The van der Waals surface area contributed by atoms with E-state index in [4.69, 9.17) is 4.18 Å². The molecule has 2 fully saturated rings. The van der Waals surface area contributed by atoms with Crippen molar-refractivity contribution in [3.63, 3.8) is 0 Å². The van der Waals surface area contributed by atoms with Gasteiger partial charge in [-0.15, -0.1) is 11.8 Å². The maximum atomic E-state index is 12.4. The predicted octanol–water partition coefficient (Wildman–Crippen LogP) is -0.571. The normalized spacial score (nSPS) is 27.4. The maximum absolute atomic E-state index is 12.4. The minimum Gasteiger partial charge on any atom is -0.479 e. The molecule has 2 aliphatic rings. The highest BCUT2D eigenvalue weighted by Gasteiger charge is 2.59. The average Bonchev–Trinajstić information content (AvgIpc) is 2.59. The summed E-state index contributed by atoms with van der Waals surface area (Å²) in [5.41, 5.74) is -1.22. The van der Waals surface area contributed by atoms with Crippen LogP contribution in [0.15, 0.2) is 30.3 Å². The number of fused-ring (bicyclic) bond motifs is 1. The summed E-state index contributed by atoms with van der Waals surface area (Å²) in [4.78, 5) is 37.3. The van der Waals surface area contributed by atoms with Gasteiger partial charge in [0.2, 0.25) is 17.4 Å². The smallest absolute Gasteiger partial charge is 0.340 e. The molecular formula is C16H18N2O7S2. The van der Waals surface area contributed by atoms with E-state index < -0.39 is 45.6 Å². The van der Waals surface area contributed by atoms with Gasteiger partial charge in [0.25, 0.3) is 10.1 Å². The SMILES string of the molecule is CS(=O)(=O)OC1(C(=O)O)CS[C@@H]2C(NC(=O)Cc3ccccc3)C(=O)N2C1. The fourth-order valence-electron chi connectivity index (χ4n) is 3.06. The first-order valence-corrected chi connectivity index (χ1v) is 10.9. The van der Waals surface area contributed by atoms with Crippen molar-refractivity contribution in [3.05, 3.63) is 35.9 Å². The van der Waals surface area contributed by atoms with E-state index >= 15 is 0 Å². The first-order chi connectivity index (χ1) is 12.6. The lowest BCUT2D eigenvalue weighted by Crippen LogP contribution is -2.75. The van der Waals surface area contributed by atoms with Crippen molar-refractivity contribution in [2.24, 2.45) is 0 Å². The Morgan fingerprint density at radius 2 is 2.04 bits per heavy atom. The van der Waals surface area contributed by atoms with Gasteiger partial charge in [0.1, 0.15) is 11.4 Å². The third-order valence-electron chi connectivity index (χ3n) is 4.28. The van der Waals surface area contributed by atoms with Crippen molar-refractivity contribution in [2.45, 2.75) is 23.4 Å². The molecule has 11 heteroatoms. The van der Waals surface area contributed by atoms with Crippen molar-refractivity contribution in [1.82, 2.24) is 10.2 Å². The number of carbonyl (C=O) groups is 3. The van der Waals surface area contributed by atoms with Crippen LogP contribution >= 0.6 is 11.8 Å². The standard InChI is InChI=1S/C16H18N2O7S2/c1-27(23,24)25-16(15(21)22)8-18-13(20)12(14(18)26-9-16)17-11(19)7-10-5-3-2-4-6-10/h2-6,12,14H,7-9H2,1H3,(H,17,19)(H,21,22)/t12?,14-,16?/m1/s1. The van der Waals surface area contributed by atoms with E-state index in [2.05, 4.69) is 5.32 Å². The van der Waals surface area contributed by atoms with Crippen LogP contribution in [0, 0.1) is 0 Å². The van der Waals surface area contributed by atoms with Gasteiger partial charge in [0.05, 0.1) is 19.2 Å². The van der Waals surface area contributed by atoms with Gasteiger partial charge in [-0.05, 0) is 5.56 Å². The highest BCUT2D eigenvalue weighted by atomic mass is 32.2. The Kier molecular flexibility index (Phi) is 5.19.